The Morgan fingerprint density at radius 2 is 1.76 bits per heavy atom. The van der Waals surface area contributed by atoms with Gasteiger partial charge in [0.05, 0.1) is 5.56 Å². The van der Waals surface area contributed by atoms with Crippen LogP contribution in [0.1, 0.15) is 42.5 Å². The van der Waals surface area contributed by atoms with E-state index in [4.69, 9.17) is 5.73 Å². The molecule has 4 N–H and O–H groups in total. The molecule has 2 atom stereocenters. The summed E-state index contributed by atoms with van der Waals surface area (Å²) in [6, 6.07) is 10.6. The van der Waals surface area contributed by atoms with Crippen LogP contribution >= 0.6 is 12.4 Å². The fourth-order valence-corrected chi connectivity index (χ4v) is 4.66. The topological polar surface area (TPSA) is 70.9 Å². The molecule has 2 aliphatic rings. The number of rotatable bonds is 3. The average molecular weight is 360 g/mol. The Morgan fingerprint density at radius 1 is 1.08 bits per heavy atom. The van der Waals surface area contributed by atoms with Crippen molar-refractivity contribution in [3.63, 3.8) is 0 Å². The Morgan fingerprint density at radius 3 is 2.44 bits per heavy atom. The molecule has 1 amide bonds. The smallest absolute Gasteiger partial charge is 0.253 e. The molecule has 5 heteroatoms. The number of nitrogens with two attached hydrogens (primary N) is 1. The molecule has 2 unspecified atom stereocenters. The average Bonchev–Trinajstić information content (AvgIpc) is 3.06. The number of amides is 1. The summed E-state index contributed by atoms with van der Waals surface area (Å²) in [5.41, 5.74) is 8.95. The number of carbonyl (C=O) groups excluding carboxylic acids is 1. The number of aromatic nitrogens is 1. The lowest BCUT2D eigenvalue weighted by atomic mass is 9.67. The van der Waals surface area contributed by atoms with Crippen LogP contribution < -0.4 is 11.1 Å². The van der Waals surface area contributed by atoms with Gasteiger partial charge >= 0.3 is 0 Å². The number of aromatic amines is 1. The van der Waals surface area contributed by atoms with Gasteiger partial charge < -0.3 is 16.0 Å². The molecule has 2 bridgehead atoms. The molecule has 2 saturated carbocycles. The van der Waals surface area contributed by atoms with Crippen molar-refractivity contribution in [1.29, 1.82) is 0 Å². The first kappa shape index (κ1) is 18.0. The molecule has 4 rings (SSSR count). The number of hydrogen-bond donors (Lipinski definition) is 3. The molecule has 2 aliphatic carbocycles. The molecule has 2 fully saturated rings. The second-order valence-corrected chi connectivity index (χ2v) is 7.33. The maximum absolute atomic E-state index is 12.9. The summed E-state index contributed by atoms with van der Waals surface area (Å²) in [5.74, 6) is 1.11. The van der Waals surface area contributed by atoms with Gasteiger partial charge in [-0.3, -0.25) is 4.79 Å². The lowest BCUT2D eigenvalue weighted by Crippen LogP contribution is -2.53. The van der Waals surface area contributed by atoms with Crippen LogP contribution in [0.3, 0.4) is 0 Å². The van der Waals surface area contributed by atoms with E-state index in [-0.39, 0.29) is 24.4 Å². The van der Waals surface area contributed by atoms with Gasteiger partial charge in [-0.25, -0.2) is 0 Å². The van der Waals surface area contributed by atoms with Crippen molar-refractivity contribution in [3.8, 4) is 11.1 Å². The minimum absolute atomic E-state index is 0. The molecule has 1 aromatic heterocycles. The zero-order valence-corrected chi connectivity index (χ0v) is 15.1. The van der Waals surface area contributed by atoms with Crippen LogP contribution in [-0.4, -0.2) is 23.0 Å². The Kier molecular flexibility index (Phi) is 5.50. The van der Waals surface area contributed by atoms with Gasteiger partial charge in [-0.05, 0) is 43.1 Å². The van der Waals surface area contributed by atoms with E-state index in [1.165, 1.54) is 19.3 Å². The van der Waals surface area contributed by atoms with E-state index >= 15 is 0 Å². The van der Waals surface area contributed by atoms with Gasteiger partial charge in [0.15, 0.2) is 0 Å². The molecule has 0 aliphatic heterocycles. The highest BCUT2D eigenvalue weighted by Gasteiger charge is 2.40. The fraction of sp³-hybridized carbons (Fsp3) is 0.450. The van der Waals surface area contributed by atoms with Crippen LogP contribution in [0.2, 0.25) is 0 Å². The van der Waals surface area contributed by atoms with Crippen LogP contribution in [0.15, 0.2) is 42.7 Å². The standard InChI is InChI=1S/C20H25N3O.ClH/c21-16-9-14-7-4-8-15(10-16)19(14)23-20(24)18-12-22-11-17(18)13-5-2-1-3-6-13;/h1-3,5-6,11-12,14-16,19,22H,4,7-10,21H2,(H,23,24);1H. The fourth-order valence-electron chi connectivity index (χ4n) is 4.66. The number of fused-ring (bicyclic) bond motifs is 2. The molecule has 1 heterocycles. The van der Waals surface area contributed by atoms with Crippen molar-refractivity contribution < 1.29 is 4.79 Å². The summed E-state index contributed by atoms with van der Waals surface area (Å²) < 4.78 is 0. The Balaban J connectivity index is 0.00000182. The van der Waals surface area contributed by atoms with Crippen LogP contribution in [-0.2, 0) is 0 Å². The van der Waals surface area contributed by atoms with E-state index in [9.17, 15) is 4.79 Å². The third-order valence-corrected chi connectivity index (χ3v) is 5.75. The molecule has 0 radical (unpaired) electrons. The molecule has 2 aromatic rings. The van der Waals surface area contributed by atoms with E-state index in [1.807, 2.05) is 42.7 Å². The minimum Gasteiger partial charge on any atom is -0.366 e. The summed E-state index contributed by atoms with van der Waals surface area (Å²) in [6.45, 7) is 0. The molecular formula is C20H26ClN3O. The second-order valence-electron chi connectivity index (χ2n) is 7.33. The van der Waals surface area contributed by atoms with Crippen molar-refractivity contribution in [1.82, 2.24) is 10.3 Å². The van der Waals surface area contributed by atoms with Crippen LogP contribution in [0, 0.1) is 11.8 Å². The summed E-state index contributed by atoms with van der Waals surface area (Å²) in [7, 11) is 0. The molecule has 0 spiro atoms. The SMILES string of the molecule is Cl.NC1CC2CCCC(C1)C2NC(=O)c1c[nH]cc1-c1ccccc1. The molecule has 25 heavy (non-hydrogen) atoms. The number of nitrogens with one attached hydrogen (secondary N) is 2. The first-order chi connectivity index (χ1) is 11.7. The number of halogens is 1. The largest absolute Gasteiger partial charge is 0.366 e. The van der Waals surface area contributed by atoms with Crippen molar-refractivity contribution in [3.05, 3.63) is 48.3 Å². The monoisotopic (exact) mass is 359 g/mol. The van der Waals surface area contributed by atoms with Crippen molar-refractivity contribution in [2.75, 3.05) is 0 Å². The lowest BCUT2D eigenvalue weighted by Gasteiger charge is -2.45. The maximum Gasteiger partial charge on any atom is 0.253 e. The number of benzene rings is 1. The highest BCUT2D eigenvalue weighted by atomic mass is 35.5. The normalized spacial score (nSPS) is 28.0. The first-order valence-corrected chi connectivity index (χ1v) is 9.01. The quantitative estimate of drug-likeness (QED) is 0.781. The number of hydrogen-bond acceptors (Lipinski definition) is 2. The van der Waals surface area contributed by atoms with E-state index in [1.54, 1.807) is 0 Å². The van der Waals surface area contributed by atoms with Crippen molar-refractivity contribution in [2.24, 2.45) is 17.6 Å². The van der Waals surface area contributed by atoms with Gasteiger partial charge in [-0.1, -0.05) is 36.8 Å². The minimum atomic E-state index is 0. The lowest BCUT2D eigenvalue weighted by molar-refractivity contribution is 0.0756. The third kappa shape index (κ3) is 3.60. The van der Waals surface area contributed by atoms with Crippen LogP contribution in [0.25, 0.3) is 11.1 Å². The van der Waals surface area contributed by atoms with E-state index in [2.05, 4.69) is 10.3 Å². The summed E-state index contributed by atoms with van der Waals surface area (Å²) in [6.07, 6.45) is 9.44. The molecule has 134 valence electrons. The van der Waals surface area contributed by atoms with Gasteiger partial charge in [0.25, 0.3) is 5.91 Å². The van der Waals surface area contributed by atoms with E-state index < -0.39 is 0 Å². The Labute approximate surface area is 155 Å². The van der Waals surface area contributed by atoms with Gasteiger partial charge in [0.1, 0.15) is 0 Å². The van der Waals surface area contributed by atoms with Gasteiger partial charge in [0.2, 0.25) is 0 Å². The Hall–Kier alpha value is -1.78. The summed E-state index contributed by atoms with van der Waals surface area (Å²) in [4.78, 5) is 16.0. The highest BCUT2D eigenvalue weighted by molar-refractivity contribution is 6.01. The number of H-pyrrole nitrogens is 1. The zero-order chi connectivity index (χ0) is 16.5. The zero-order valence-electron chi connectivity index (χ0n) is 14.3. The van der Waals surface area contributed by atoms with Gasteiger partial charge in [-0.2, -0.15) is 0 Å². The van der Waals surface area contributed by atoms with Gasteiger partial charge in [-0.15, -0.1) is 12.4 Å². The van der Waals surface area contributed by atoms with E-state index in [0.717, 1.165) is 29.5 Å². The number of carbonyl (C=O) groups is 1. The predicted octanol–water partition coefficient (Wildman–Crippen LogP) is 3.74. The molecular weight excluding hydrogens is 334 g/mol. The first-order valence-electron chi connectivity index (χ1n) is 9.01. The van der Waals surface area contributed by atoms with Crippen molar-refractivity contribution >= 4 is 18.3 Å². The maximum atomic E-state index is 12.9. The summed E-state index contributed by atoms with van der Waals surface area (Å²) >= 11 is 0. The molecule has 0 saturated heterocycles. The summed E-state index contributed by atoms with van der Waals surface area (Å²) in [5, 5.41) is 3.34. The van der Waals surface area contributed by atoms with Crippen LogP contribution in [0.4, 0.5) is 0 Å². The highest BCUT2D eigenvalue weighted by Crippen LogP contribution is 2.40. The van der Waals surface area contributed by atoms with Crippen molar-refractivity contribution in [2.45, 2.75) is 44.2 Å². The van der Waals surface area contributed by atoms with Crippen LogP contribution in [0.5, 0.6) is 0 Å². The van der Waals surface area contributed by atoms with Gasteiger partial charge in [0, 0.05) is 30.0 Å². The Bertz CT molecular complexity index is 701. The third-order valence-electron chi connectivity index (χ3n) is 5.75. The van der Waals surface area contributed by atoms with E-state index in [0.29, 0.717) is 17.9 Å². The predicted molar refractivity (Wildman–Crippen MR) is 103 cm³/mol. The second kappa shape index (κ2) is 7.63. The molecule has 1 aromatic carbocycles. The molecule has 4 nitrogen and oxygen atoms in total.